The van der Waals surface area contributed by atoms with Gasteiger partial charge in [-0.1, -0.05) is 30.3 Å². The summed E-state index contributed by atoms with van der Waals surface area (Å²) < 4.78 is 0. The van der Waals surface area contributed by atoms with E-state index in [0.717, 1.165) is 5.00 Å². The molecule has 0 saturated heterocycles. The van der Waals surface area contributed by atoms with Crippen LogP contribution in [0.1, 0.15) is 0 Å². The van der Waals surface area contributed by atoms with Crippen LogP contribution < -0.4 is 5.73 Å². The second kappa shape index (κ2) is 4.35. The van der Waals surface area contributed by atoms with Gasteiger partial charge in [0.05, 0.1) is 5.00 Å². The van der Waals surface area contributed by atoms with E-state index in [2.05, 4.69) is 42.5 Å². The van der Waals surface area contributed by atoms with E-state index in [9.17, 15) is 0 Å². The molecule has 0 saturated carbocycles. The molecule has 2 N–H and O–H groups in total. The maximum absolute atomic E-state index is 5.76. The van der Waals surface area contributed by atoms with Crippen molar-refractivity contribution in [3.63, 3.8) is 0 Å². The number of hydrogen-bond acceptors (Lipinski definition) is 3. The standard InChI is InChI=1S/C14H11NS2/c15-14-9-8-13(17-14)12-7-6-11(16-12)10-4-2-1-3-5-10/h1-9H,15H2. The number of benzene rings is 1. The highest BCUT2D eigenvalue weighted by atomic mass is 32.1. The predicted molar refractivity (Wildman–Crippen MR) is 77.5 cm³/mol. The number of nitrogens with two attached hydrogens (primary N) is 1. The molecule has 17 heavy (non-hydrogen) atoms. The first-order chi connectivity index (χ1) is 8.33. The molecule has 0 unspecified atom stereocenters. The predicted octanol–water partition coefficient (Wildman–Crippen LogP) is 4.73. The zero-order valence-electron chi connectivity index (χ0n) is 9.09. The van der Waals surface area contributed by atoms with Crippen LogP contribution in [0.3, 0.4) is 0 Å². The highest BCUT2D eigenvalue weighted by Gasteiger charge is 2.06. The molecule has 0 aliphatic carbocycles. The summed E-state index contributed by atoms with van der Waals surface area (Å²) in [5.74, 6) is 0. The largest absolute Gasteiger partial charge is 0.391 e. The monoisotopic (exact) mass is 257 g/mol. The van der Waals surface area contributed by atoms with Gasteiger partial charge < -0.3 is 5.73 Å². The third kappa shape index (κ3) is 2.12. The van der Waals surface area contributed by atoms with Gasteiger partial charge in [-0.25, -0.2) is 0 Å². The number of anilines is 1. The second-order valence-corrected chi connectivity index (χ2v) is 5.93. The first-order valence-corrected chi connectivity index (χ1v) is 6.97. The summed E-state index contributed by atoms with van der Waals surface area (Å²) in [5, 5.41) is 0.870. The van der Waals surface area contributed by atoms with E-state index in [4.69, 9.17) is 5.73 Å². The Balaban J connectivity index is 1.99. The molecule has 0 spiro atoms. The molecule has 84 valence electrons. The molecule has 1 nitrogen and oxygen atoms in total. The fourth-order valence-corrected chi connectivity index (χ4v) is 3.59. The van der Waals surface area contributed by atoms with Crippen molar-refractivity contribution in [3.05, 3.63) is 54.6 Å². The minimum Gasteiger partial charge on any atom is -0.391 e. The topological polar surface area (TPSA) is 26.0 Å². The second-order valence-electron chi connectivity index (χ2n) is 3.73. The molecule has 3 heteroatoms. The first kappa shape index (κ1) is 10.6. The van der Waals surface area contributed by atoms with E-state index in [1.165, 1.54) is 20.2 Å². The quantitative estimate of drug-likeness (QED) is 0.706. The Bertz CT molecular complexity index is 622. The van der Waals surface area contributed by atoms with Crippen molar-refractivity contribution in [2.45, 2.75) is 0 Å². The van der Waals surface area contributed by atoms with Gasteiger partial charge in [0.1, 0.15) is 0 Å². The fourth-order valence-electron chi connectivity index (χ4n) is 1.71. The Labute approximate surface area is 108 Å². The summed E-state index contributed by atoms with van der Waals surface area (Å²) in [6.45, 7) is 0. The fraction of sp³-hybridized carbons (Fsp3) is 0. The van der Waals surface area contributed by atoms with Crippen LogP contribution in [0.5, 0.6) is 0 Å². The molecule has 0 aliphatic rings. The molecule has 3 aromatic rings. The summed E-state index contributed by atoms with van der Waals surface area (Å²) in [5.41, 5.74) is 7.03. The average molecular weight is 257 g/mol. The normalized spacial score (nSPS) is 10.6. The van der Waals surface area contributed by atoms with Gasteiger partial charge in [0.15, 0.2) is 0 Å². The van der Waals surface area contributed by atoms with Gasteiger partial charge in [-0.3, -0.25) is 0 Å². The molecule has 3 rings (SSSR count). The van der Waals surface area contributed by atoms with Crippen LogP contribution in [0.4, 0.5) is 5.00 Å². The van der Waals surface area contributed by atoms with Gasteiger partial charge in [-0.2, -0.15) is 0 Å². The molecule has 2 aromatic heterocycles. The minimum absolute atomic E-state index is 0.870. The molecular formula is C14H11NS2. The van der Waals surface area contributed by atoms with E-state index in [0.29, 0.717) is 0 Å². The van der Waals surface area contributed by atoms with Crippen LogP contribution in [0, 0.1) is 0 Å². The smallest absolute Gasteiger partial charge is 0.0863 e. The van der Waals surface area contributed by atoms with Gasteiger partial charge in [-0.15, -0.1) is 22.7 Å². The molecule has 1 aromatic carbocycles. The van der Waals surface area contributed by atoms with Crippen LogP contribution in [-0.2, 0) is 0 Å². The van der Waals surface area contributed by atoms with Crippen molar-refractivity contribution in [1.82, 2.24) is 0 Å². The molecule has 0 amide bonds. The van der Waals surface area contributed by atoms with Crippen molar-refractivity contribution in [2.75, 3.05) is 5.73 Å². The molecule has 0 atom stereocenters. The lowest BCUT2D eigenvalue weighted by molar-refractivity contribution is 1.70. The maximum Gasteiger partial charge on any atom is 0.0863 e. The van der Waals surface area contributed by atoms with Crippen LogP contribution in [0.2, 0.25) is 0 Å². The number of thiophene rings is 2. The molecule has 0 radical (unpaired) electrons. The summed E-state index contributed by atoms with van der Waals surface area (Å²) in [6, 6.07) is 18.8. The Morgan fingerprint density at radius 1 is 0.647 bits per heavy atom. The Hall–Kier alpha value is -1.58. The zero-order chi connectivity index (χ0) is 11.7. The van der Waals surface area contributed by atoms with Crippen molar-refractivity contribution in [2.24, 2.45) is 0 Å². The van der Waals surface area contributed by atoms with Gasteiger partial charge in [-0.05, 0) is 29.8 Å². The third-order valence-electron chi connectivity index (χ3n) is 2.53. The summed E-state index contributed by atoms with van der Waals surface area (Å²) >= 11 is 3.44. The van der Waals surface area contributed by atoms with Crippen molar-refractivity contribution >= 4 is 27.7 Å². The average Bonchev–Trinajstić information content (AvgIpc) is 2.98. The summed E-state index contributed by atoms with van der Waals surface area (Å²) in [7, 11) is 0. The van der Waals surface area contributed by atoms with E-state index in [1.807, 2.05) is 23.5 Å². The summed E-state index contributed by atoms with van der Waals surface area (Å²) in [6.07, 6.45) is 0. The van der Waals surface area contributed by atoms with Crippen LogP contribution in [0.25, 0.3) is 20.2 Å². The van der Waals surface area contributed by atoms with Crippen molar-refractivity contribution < 1.29 is 0 Å². The molecule has 0 aliphatic heterocycles. The lowest BCUT2D eigenvalue weighted by Crippen LogP contribution is -1.72. The van der Waals surface area contributed by atoms with Crippen molar-refractivity contribution in [3.8, 4) is 20.2 Å². The minimum atomic E-state index is 0.870. The lowest BCUT2D eigenvalue weighted by Gasteiger charge is -1.94. The van der Waals surface area contributed by atoms with Crippen LogP contribution in [-0.4, -0.2) is 0 Å². The Kier molecular flexibility index (Phi) is 2.71. The SMILES string of the molecule is Nc1ccc(-c2ccc(-c3ccccc3)s2)s1. The van der Waals surface area contributed by atoms with Crippen LogP contribution >= 0.6 is 22.7 Å². The van der Waals surface area contributed by atoms with Gasteiger partial charge >= 0.3 is 0 Å². The molecule has 0 fully saturated rings. The molecular weight excluding hydrogens is 246 g/mol. The van der Waals surface area contributed by atoms with E-state index >= 15 is 0 Å². The number of hydrogen-bond donors (Lipinski definition) is 1. The van der Waals surface area contributed by atoms with Crippen LogP contribution in [0.15, 0.2) is 54.6 Å². The number of nitrogen functional groups attached to an aromatic ring is 1. The first-order valence-electron chi connectivity index (χ1n) is 5.34. The van der Waals surface area contributed by atoms with E-state index in [1.54, 1.807) is 11.3 Å². The van der Waals surface area contributed by atoms with E-state index in [-0.39, 0.29) is 0 Å². The molecule has 2 heterocycles. The maximum atomic E-state index is 5.76. The Morgan fingerprint density at radius 2 is 1.29 bits per heavy atom. The highest BCUT2D eigenvalue weighted by molar-refractivity contribution is 7.25. The van der Waals surface area contributed by atoms with Gasteiger partial charge in [0.2, 0.25) is 0 Å². The van der Waals surface area contributed by atoms with Gasteiger partial charge in [0.25, 0.3) is 0 Å². The third-order valence-corrected chi connectivity index (χ3v) is 4.78. The van der Waals surface area contributed by atoms with Gasteiger partial charge in [0, 0.05) is 14.6 Å². The van der Waals surface area contributed by atoms with E-state index < -0.39 is 0 Å². The lowest BCUT2D eigenvalue weighted by atomic mass is 10.2. The Morgan fingerprint density at radius 3 is 2.00 bits per heavy atom. The number of rotatable bonds is 2. The van der Waals surface area contributed by atoms with Crippen molar-refractivity contribution in [1.29, 1.82) is 0 Å². The summed E-state index contributed by atoms with van der Waals surface area (Å²) in [4.78, 5) is 3.83. The highest BCUT2D eigenvalue weighted by Crippen LogP contribution is 2.38. The zero-order valence-corrected chi connectivity index (χ0v) is 10.7. The molecule has 0 bridgehead atoms.